The van der Waals surface area contributed by atoms with Crippen molar-refractivity contribution in [2.24, 2.45) is 0 Å². The fourth-order valence-corrected chi connectivity index (χ4v) is 6.67. The number of thioether (sulfide) groups is 1. The number of hydrogen-bond donors (Lipinski definition) is 1. The molecular formula is C27H35N3O2S2. The lowest BCUT2D eigenvalue weighted by Crippen LogP contribution is -2.36. The second-order valence-corrected chi connectivity index (χ2v) is 11.4. The molecular weight excluding hydrogens is 462 g/mol. The topological polar surface area (TPSA) is 64.0 Å². The summed E-state index contributed by atoms with van der Waals surface area (Å²) in [4.78, 5) is 33.3. The maximum Gasteiger partial charge on any atom is 0.263 e. The van der Waals surface area contributed by atoms with E-state index in [-0.39, 0.29) is 23.3 Å². The molecule has 1 fully saturated rings. The van der Waals surface area contributed by atoms with Gasteiger partial charge in [0.1, 0.15) is 4.83 Å². The molecule has 0 atom stereocenters. The third kappa shape index (κ3) is 5.92. The number of nitrogens with zero attached hydrogens (tertiary/aromatic N) is 2. The molecule has 3 aromatic rings. The summed E-state index contributed by atoms with van der Waals surface area (Å²) in [7, 11) is 0. The summed E-state index contributed by atoms with van der Waals surface area (Å²) in [5.74, 6) is 0.302. The third-order valence-corrected chi connectivity index (χ3v) is 9.01. The molecule has 182 valence electrons. The zero-order valence-electron chi connectivity index (χ0n) is 20.5. The summed E-state index contributed by atoms with van der Waals surface area (Å²) in [5, 5.41) is 4.57. The minimum absolute atomic E-state index is 0.0121. The van der Waals surface area contributed by atoms with Crippen LogP contribution < -0.4 is 10.9 Å². The average Bonchev–Trinajstić information content (AvgIpc) is 3.13. The van der Waals surface area contributed by atoms with E-state index in [9.17, 15) is 9.59 Å². The maximum absolute atomic E-state index is 13.6. The Morgan fingerprint density at radius 2 is 1.79 bits per heavy atom. The minimum Gasteiger partial charge on any atom is -0.353 e. The van der Waals surface area contributed by atoms with Crippen LogP contribution in [0.3, 0.4) is 0 Å². The number of benzene rings is 1. The van der Waals surface area contributed by atoms with E-state index in [2.05, 4.69) is 43.4 Å². The van der Waals surface area contributed by atoms with E-state index in [0.29, 0.717) is 11.7 Å². The summed E-state index contributed by atoms with van der Waals surface area (Å²) in [6.07, 6.45) is 9.21. The zero-order valence-corrected chi connectivity index (χ0v) is 22.1. The van der Waals surface area contributed by atoms with E-state index in [1.807, 2.05) is 6.92 Å². The van der Waals surface area contributed by atoms with Gasteiger partial charge in [-0.05, 0) is 44.2 Å². The van der Waals surface area contributed by atoms with E-state index in [0.717, 1.165) is 40.6 Å². The van der Waals surface area contributed by atoms with E-state index >= 15 is 0 Å². The number of thiophene rings is 1. The molecule has 0 saturated heterocycles. The van der Waals surface area contributed by atoms with E-state index in [1.54, 1.807) is 15.9 Å². The van der Waals surface area contributed by atoms with E-state index in [4.69, 9.17) is 4.98 Å². The van der Waals surface area contributed by atoms with Gasteiger partial charge in [0.2, 0.25) is 5.91 Å². The van der Waals surface area contributed by atoms with Crippen LogP contribution in [0.15, 0.2) is 34.2 Å². The molecule has 34 heavy (non-hydrogen) atoms. The van der Waals surface area contributed by atoms with Gasteiger partial charge in [0.05, 0.1) is 17.7 Å². The number of fused-ring (bicyclic) bond motifs is 1. The van der Waals surface area contributed by atoms with Crippen LogP contribution in [0, 0.1) is 13.8 Å². The van der Waals surface area contributed by atoms with Gasteiger partial charge in [-0.3, -0.25) is 14.2 Å². The molecule has 1 aliphatic rings. The highest BCUT2D eigenvalue weighted by atomic mass is 32.2. The lowest BCUT2D eigenvalue weighted by molar-refractivity contribution is -0.119. The number of nitrogens with one attached hydrogen (secondary N) is 1. The Hall–Kier alpha value is -2.12. The summed E-state index contributed by atoms with van der Waals surface area (Å²) in [6.45, 7) is 6.63. The molecule has 0 unspecified atom stereocenters. The van der Waals surface area contributed by atoms with Crippen molar-refractivity contribution in [1.29, 1.82) is 0 Å². The molecule has 0 aliphatic heterocycles. The molecule has 0 bridgehead atoms. The van der Waals surface area contributed by atoms with Crippen molar-refractivity contribution in [1.82, 2.24) is 14.9 Å². The van der Waals surface area contributed by atoms with Crippen LogP contribution in [0.25, 0.3) is 10.2 Å². The standard InChI is InChI=1S/C27H35N3O2S2/c1-4-22-19(3)24-25(34-22)29-27(30(26(24)32)16-20-14-12-18(2)13-15-20)33-17-23(31)28-21-10-8-6-5-7-9-11-21/h12-15,21H,4-11,16-17H2,1-3H3,(H,28,31). The first-order valence-corrected chi connectivity index (χ1v) is 14.3. The Labute approximate surface area is 210 Å². The Kier molecular flexibility index (Phi) is 8.48. The lowest BCUT2D eigenvalue weighted by atomic mass is 9.97. The summed E-state index contributed by atoms with van der Waals surface area (Å²) in [5.41, 5.74) is 3.27. The third-order valence-electron chi connectivity index (χ3n) is 6.70. The molecule has 1 aliphatic carbocycles. The average molecular weight is 498 g/mol. The lowest BCUT2D eigenvalue weighted by Gasteiger charge is -2.21. The molecule has 0 radical (unpaired) electrons. The van der Waals surface area contributed by atoms with Gasteiger partial charge in [-0.15, -0.1) is 11.3 Å². The van der Waals surface area contributed by atoms with Crippen molar-refractivity contribution in [2.75, 3.05) is 5.75 Å². The highest BCUT2D eigenvalue weighted by molar-refractivity contribution is 7.99. The number of carbonyl (C=O) groups excluding carboxylic acids is 1. The van der Waals surface area contributed by atoms with Gasteiger partial charge in [0, 0.05) is 10.9 Å². The SMILES string of the molecule is CCc1sc2nc(SCC(=O)NC3CCCCCCC3)n(Cc3ccc(C)cc3)c(=O)c2c1C. The monoisotopic (exact) mass is 497 g/mol. The molecule has 5 nitrogen and oxygen atoms in total. The first-order chi connectivity index (χ1) is 16.5. The fourth-order valence-electron chi connectivity index (χ4n) is 4.71. The number of amides is 1. The van der Waals surface area contributed by atoms with Gasteiger partial charge in [-0.2, -0.15) is 0 Å². The van der Waals surface area contributed by atoms with Gasteiger partial charge < -0.3 is 5.32 Å². The minimum atomic E-state index is -0.0121. The van der Waals surface area contributed by atoms with Crippen LogP contribution in [0.5, 0.6) is 0 Å². The predicted octanol–water partition coefficient (Wildman–Crippen LogP) is 6.01. The molecule has 1 saturated carbocycles. The van der Waals surface area contributed by atoms with Gasteiger partial charge in [-0.25, -0.2) is 4.98 Å². The highest BCUT2D eigenvalue weighted by Gasteiger charge is 2.20. The van der Waals surface area contributed by atoms with Crippen molar-refractivity contribution in [3.8, 4) is 0 Å². The fraction of sp³-hybridized carbons (Fsp3) is 0.519. The number of aryl methyl sites for hydroxylation is 3. The van der Waals surface area contributed by atoms with Crippen LogP contribution in [-0.2, 0) is 17.8 Å². The smallest absolute Gasteiger partial charge is 0.263 e. The number of hydrogen-bond acceptors (Lipinski definition) is 5. The second kappa shape index (κ2) is 11.5. The molecule has 4 rings (SSSR count). The molecule has 2 aromatic heterocycles. The van der Waals surface area contributed by atoms with Gasteiger partial charge in [0.15, 0.2) is 5.16 Å². The second-order valence-electron chi connectivity index (χ2n) is 9.35. The Morgan fingerprint density at radius 1 is 1.12 bits per heavy atom. The van der Waals surface area contributed by atoms with Crippen LogP contribution in [-0.4, -0.2) is 27.3 Å². The summed E-state index contributed by atoms with van der Waals surface area (Å²) < 4.78 is 1.75. The van der Waals surface area contributed by atoms with Crippen molar-refractivity contribution in [3.63, 3.8) is 0 Å². The number of rotatable bonds is 7. The molecule has 7 heteroatoms. The van der Waals surface area contributed by atoms with Crippen LogP contribution >= 0.6 is 23.1 Å². The molecule has 2 heterocycles. The van der Waals surface area contributed by atoms with E-state index < -0.39 is 0 Å². The Morgan fingerprint density at radius 3 is 2.47 bits per heavy atom. The Bertz CT molecular complexity index is 1190. The maximum atomic E-state index is 13.6. The Balaban J connectivity index is 1.58. The first-order valence-electron chi connectivity index (χ1n) is 12.5. The highest BCUT2D eigenvalue weighted by Crippen LogP contribution is 2.30. The first kappa shape index (κ1) is 25.0. The van der Waals surface area contributed by atoms with Crippen molar-refractivity contribution < 1.29 is 4.79 Å². The summed E-state index contributed by atoms with van der Waals surface area (Å²) >= 11 is 2.97. The van der Waals surface area contributed by atoms with Crippen molar-refractivity contribution in [3.05, 3.63) is 56.2 Å². The molecule has 1 amide bonds. The molecule has 1 aromatic carbocycles. The normalized spacial score (nSPS) is 15.3. The largest absolute Gasteiger partial charge is 0.353 e. The van der Waals surface area contributed by atoms with Crippen molar-refractivity contribution in [2.45, 2.75) is 89.9 Å². The molecule has 1 N–H and O–H groups in total. The van der Waals surface area contributed by atoms with Crippen LogP contribution in [0.1, 0.15) is 73.4 Å². The van der Waals surface area contributed by atoms with Gasteiger partial charge in [-0.1, -0.05) is 80.6 Å². The predicted molar refractivity (Wildman–Crippen MR) is 143 cm³/mol. The van der Waals surface area contributed by atoms with Crippen molar-refractivity contribution >= 4 is 39.2 Å². The quantitative estimate of drug-likeness (QED) is 0.321. The summed E-state index contributed by atoms with van der Waals surface area (Å²) in [6, 6.07) is 8.50. The van der Waals surface area contributed by atoms with E-state index in [1.165, 1.54) is 54.3 Å². The van der Waals surface area contributed by atoms with Crippen LogP contribution in [0.2, 0.25) is 0 Å². The van der Waals surface area contributed by atoms with Gasteiger partial charge >= 0.3 is 0 Å². The molecule has 0 spiro atoms. The number of aromatic nitrogens is 2. The van der Waals surface area contributed by atoms with Gasteiger partial charge in [0.25, 0.3) is 5.56 Å². The zero-order chi connectivity index (χ0) is 24.1. The number of carbonyl (C=O) groups is 1. The van der Waals surface area contributed by atoms with Crippen LogP contribution in [0.4, 0.5) is 0 Å².